The van der Waals surface area contributed by atoms with Gasteiger partial charge in [0.05, 0.1) is 8.80 Å². The first-order valence-electron chi connectivity index (χ1n) is 6.96. The van der Waals surface area contributed by atoms with Crippen molar-refractivity contribution in [1.82, 2.24) is 0 Å². The van der Waals surface area contributed by atoms with E-state index in [4.69, 9.17) is 0 Å². The van der Waals surface area contributed by atoms with E-state index in [-0.39, 0.29) is 0 Å². The Bertz CT molecular complexity index is 187. The van der Waals surface area contributed by atoms with Gasteiger partial charge >= 0.3 is 0 Å². The molecule has 94 valence electrons. The topological polar surface area (TPSA) is 12.4 Å². The Hall–Kier alpha value is -0.373. The summed E-state index contributed by atoms with van der Waals surface area (Å²) in [5.41, 5.74) is 2.45. The van der Waals surface area contributed by atoms with Gasteiger partial charge in [-0.05, 0) is 26.0 Å². The highest BCUT2D eigenvalue weighted by Gasteiger charge is 2.00. The molecule has 1 nitrogen and oxygen atoms in total. The van der Waals surface area contributed by atoms with Crippen LogP contribution in [0.15, 0.2) is 16.8 Å². The highest BCUT2D eigenvalue weighted by atomic mass is 28.3. The van der Waals surface area contributed by atoms with Crippen LogP contribution in [0.25, 0.3) is 0 Å². The summed E-state index contributed by atoms with van der Waals surface area (Å²) in [5, 5.41) is 0. The number of nitrogens with zero attached hydrogens (tertiary/aromatic N) is 1. The van der Waals surface area contributed by atoms with Crippen LogP contribution in [0.2, 0.25) is 12.1 Å². The first-order valence-corrected chi connectivity index (χ1v) is 9.26. The van der Waals surface area contributed by atoms with Gasteiger partial charge in [-0.1, -0.05) is 51.3 Å². The second-order valence-electron chi connectivity index (χ2n) is 4.42. The molecule has 1 unspecified atom stereocenters. The van der Waals surface area contributed by atoms with Crippen LogP contribution in [-0.4, -0.2) is 21.6 Å². The second kappa shape index (κ2) is 12.7. The van der Waals surface area contributed by atoms with E-state index in [1.54, 1.807) is 0 Å². The number of hydrogen-bond donors (Lipinski definition) is 0. The summed E-state index contributed by atoms with van der Waals surface area (Å²) in [6, 6.07) is 2.77. The number of allylic oxidation sites excluding steroid dienone is 1. The molecular weight excluding hydrogens is 210 g/mol. The van der Waals surface area contributed by atoms with E-state index in [9.17, 15) is 0 Å². The van der Waals surface area contributed by atoms with Crippen LogP contribution in [0.1, 0.15) is 52.9 Å². The fraction of sp³-hybridized carbons (Fsp3) is 0.786. The van der Waals surface area contributed by atoms with E-state index in [2.05, 4.69) is 43.8 Å². The predicted molar refractivity (Wildman–Crippen MR) is 79.4 cm³/mol. The Kier molecular flexibility index (Phi) is 12.4. The van der Waals surface area contributed by atoms with Crippen LogP contribution >= 0.6 is 0 Å². The maximum absolute atomic E-state index is 4.48. The first-order chi connectivity index (χ1) is 7.85. The van der Waals surface area contributed by atoms with Gasteiger partial charge in [-0.25, -0.2) is 0 Å². The quantitative estimate of drug-likeness (QED) is 0.304. The Morgan fingerprint density at radius 3 is 2.56 bits per heavy atom. The summed E-state index contributed by atoms with van der Waals surface area (Å²) in [5.74, 6) is 0. The molecule has 0 amide bonds. The average Bonchev–Trinajstić information content (AvgIpc) is 2.31. The standard InChI is InChI=1S/C14H29NSi/c1-4-7-8-9-11-15-12-10-14-16(6-3)13-5-2/h5,12-13,16H,4,6-11,14H2,1-3H3. The van der Waals surface area contributed by atoms with E-state index in [0.717, 1.165) is 6.54 Å². The predicted octanol–water partition coefficient (Wildman–Crippen LogP) is 4.39. The average molecular weight is 239 g/mol. The Labute approximate surface area is 104 Å². The molecular formula is C14H29NSi. The van der Waals surface area contributed by atoms with Crippen molar-refractivity contribution in [1.29, 1.82) is 0 Å². The molecule has 0 aliphatic rings. The SMILES string of the molecule is CC=C[SiH](CC)CCC=NCCCCCC. The molecule has 0 radical (unpaired) electrons. The molecule has 0 aromatic rings. The lowest BCUT2D eigenvalue weighted by Gasteiger charge is -2.04. The van der Waals surface area contributed by atoms with Gasteiger partial charge in [0.25, 0.3) is 0 Å². The molecule has 2 heteroatoms. The lowest BCUT2D eigenvalue weighted by Crippen LogP contribution is -2.06. The Morgan fingerprint density at radius 2 is 1.94 bits per heavy atom. The number of hydrogen-bond acceptors (Lipinski definition) is 1. The summed E-state index contributed by atoms with van der Waals surface area (Å²) < 4.78 is 0. The summed E-state index contributed by atoms with van der Waals surface area (Å²) in [6.45, 7) is 7.75. The molecule has 0 aliphatic heterocycles. The zero-order chi connectivity index (χ0) is 12.1. The molecule has 16 heavy (non-hydrogen) atoms. The maximum Gasteiger partial charge on any atom is 0.0611 e. The molecule has 0 spiro atoms. The fourth-order valence-electron chi connectivity index (χ4n) is 1.81. The third kappa shape index (κ3) is 10.2. The molecule has 0 aliphatic carbocycles. The summed E-state index contributed by atoms with van der Waals surface area (Å²) >= 11 is 0. The van der Waals surface area contributed by atoms with E-state index >= 15 is 0 Å². The van der Waals surface area contributed by atoms with Gasteiger partial charge in [0, 0.05) is 6.54 Å². The largest absolute Gasteiger partial charge is 0.298 e. The molecule has 1 atom stereocenters. The number of aliphatic imine (C=N–C) groups is 1. The molecule has 0 saturated carbocycles. The van der Waals surface area contributed by atoms with Gasteiger partial charge in [-0.15, -0.1) is 5.70 Å². The van der Waals surface area contributed by atoms with Gasteiger partial charge in [0.15, 0.2) is 0 Å². The molecule has 0 aromatic heterocycles. The van der Waals surface area contributed by atoms with Gasteiger partial charge in [-0.3, -0.25) is 4.99 Å². The summed E-state index contributed by atoms with van der Waals surface area (Å²) in [6.07, 6.45) is 10.9. The van der Waals surface area contributed by atoms with Crippen LogP contribution in [-0.2, 0) is 0 Å². The molecule has 0 N–H and O–H groups in total. The minimum atomic E-state index is -0.555. The minimum absolute atomic E-state index is 0.555. The van der Waals surface area contributed by atoms with Gasteiger partial charge in [0.1, 0.15) is 0 Å². The Morgan fingerprint density at radius 1 is 1.12 bits per heavy atom. The lowest BCUT2D eigenvalue weighted by atomic mass is 10.2. The van der Waals surface area contributed by atoms with Gasteiger partial charge in [0.2, 0.25) is 0 Å². The monoisotopic (exact) mass is 239 g/mol. The summed E-state index contributed by atoms with van der Waals surface area (Å²) in [4.78, 5) is 4.48. The molecule has 0 heterocycles. The lowest BCUT2D eigenvalue weighted by molar-refractivity contribution is 0.675. The highest BCUT2D eigenvalue weighted by molar-refractivity contribution is 6.64. The van der Waals surface area contributed by atoms with Crippen LogP contribution in [0.4, 0.5) is 0 Å². The van der Waals surface area contributed by atoms with Crippen LogP contribution < -0.4 is 0 Å². The van der Waals surface area contributed by atoms with Crippen molar-refractivity contribution in [3.8, 4) is 0 Å². The van der Waals surface area contributed by atoms with Crippen molar-refractivity contribution >= 4 is 15.0 Å². The van der Waals surface area contributed by atoms with Crippen molar-refractivity contribution < 1.29 is 0 Å². The van der Waals surface area contributed by atoms with Crippen LogP contribution in [0, 0.1) is 0 Å². The molecule has 0 aromatic carbocycles. The zero-order valence-corrected chi connectivity index (χ0v) is 12.6. The van der Waals surface area contributed by atoms with E-state index < -0.39 is 8.80 Å². The van der Waals surface area contributed by atoms with Gasteiger partial charge in [-0.2, -0.15) is 0 Å². The third-order valence-electron chi connectivity index (χ3n) is 2.93. The maximum atomic E-state index is 4.48. The molecule has 0 rings (SSSR count). The Balaban J connectivity index is 3.38. The van der Waals surface area contributed by atoms with E-state index in [1.165, 1.54) is 44.2 Å². The van der Waals surface area contributed by atoms with Gasteiger partial charge < -0.3 is 0 Å². The van der Waals surface area contributed by atoms with E-state index in [0.29, 0.717) is 0 Å². The van der Waals surface area contributed by atoms with Crippen molar-refractivity contribution in [2.75, 3.05) is 6.54 Å². The minimum Gasteiger partial charge on any atom is -0.298 e. The zero-order valence-electron chi connectivity index (χ0n) is 11.4. The smallest absolute Gasteiger partial charge is 0.0611 e. The fourth-order valence-corrected chi connectivity index (χ4v) is 3.80. The van der Waals surface area contributed by atoms with Crippen molar-refractivity contribution in [3.05, 3.63) is 11.8 Å². The second-order valence-corrected chi connectivity index (χ2v) is 7.72. The summed E-state index contributed by atoms with van der Waals surface area (Å²) in [7, 11) is -0.555. The molecule has 0 saturated heterocycles. The molecule has 0 bridgehead atoms. The van der Waals surface area contributed by atoms with E-state index in [1.807, 2.05) is 0 Å². The van der Waals surface area contributed by atoms with Crippen molar-refractivity contribution in [2.45, 2.75) is 65.0 Å². The number of unbranched alkanes of at least 4 members (excludes halogenated alkanes) is 3. The van der Waals surface area contributed by atoms with Crippen LogP contribution in [0.3, 0.4) is 0 Å². The molecule has 0 fully saturated rings. The first kappa shape index (κ1) is 15.6. The third-order valence-corrected chi connectivity index (χ3v) is 5.98. The van der Waals surface area contributed by atoms with Crippen LogP contribution in [0.5, 0.6) is 0 Å². The van der Waals surface area contributed by atoms with Crippen molar-refractivity contribution in [3.63, 3.8) is 0 Å². The normalized spacial score (nSPS) is 13.9. The van der Waals surface area contributed by atoms with Crippen molar-refractivity contribution in [2.24, 2.45) is 4.99 Å². The highest BCUT2D eigenvalue weighted by Crippen LogP contribution is 2.03. The number of rotatable bonds is 10.